The van der Waals surface area contributed by atoms with E-state index >= 15 is 0 Å². The molecule has 0 aliphatic heterocycles. The largest absolute Gasteiger partial charge is 0.438 e. The molecule has 20 heavy (non-hydrogen) atoms. The molecule has 0 unspecified atom stereocenters. The molecule has 3 aromatic rings. The fourth-order valence-electron chi connectivity index (χ4n) is 1.78. The highest BCUT2D eigenvalue weighted by atomic mass is 16.5. The van der Waals surface area contributed by atoms with E-state index in [0.29, 0.717) is 35.2 Å². The van der Waals surface area contributed by atoms with Crippen LogP contribution in [0.5, 0.6) is 11.6 Å². The Morgan fingerprint density at radius 2 is 2.20 bits per heavy atom. The van der Waals surface area contributed by atoms with Gasteiger partial charge in [0.2, 0.25) is 12.3 Å². The van der Waals surface area contributed by atoms with Crippen LogP contribution in [0.1, 0.15) is 0 Å². The van der Waals surface area contributed by atoms with Crippen molar-refractivity contribution in [3.05, 3.63) is 42.6 Å². The second-order valence-corrected chi connectivity index (χ2v) is 4.03. The molecule has 100 valence electrons. The Kier molecular flexibility index (Phi) is 2.92. The lowest BCUT2D eigenvalue weighted by Gasteiger charge is -2.06. The van der Waals surface area contributed by atoms with Crippen molar-refractivity contribution < 1.29 is 9.53 Å². The van der Waals surface area contributed by atoms with Crippen molar-refractivity contribution in [3.8, 4) is 11.6 Å². The Morgan fingerprint density at radius 3 is 3.05 bits per heavy atom. The normalized spacial score (nSPS) is 10.4. The number of rotatable bonds is 4. The van der Waals surface area contributed by atoms with E-state index in [4.69, 9.17) is 10.5 Å². The number of imidazole rings is 1. The Bertz CT molecular complexity index is 768. The Labute approximate surface area is 114 Å². The number of anilines is 2. The molecule has 2 aromatic heterocycles. The van der Waals surface area contributed by atoms with Gasteiger partial charge in [-0.05, 0) is 18.2 Å². The number of ether oxygens (including phenoxy) is 1. The van der Waals surface area contributed by atoms with Gasteiger partial charge in [-0.1, -0.05) is 6.07 Å². The molecule has 0 saturated carbocycles. The zero-order chi connectivity index (χ0) is 13.9. The molecule has 3 N–H and O–H groups in total. The number of nitrogens with zero attached hydrogens (tertiary/aromatic N) is 3. The van der Waals surface area contributed by atoms with Crippen LogP contribution in [-0.4, -0.2) is 21.0 Å². The van der Waals surface area contributed by atoms with E-state index in [9.17, 15) is 4.79 Å². The summed E-state index contributed by atoms with van der Waals surface area (Å²) in [6.07, 6.45) is 2.21. The van der Waals surface area contributed by atoms with Crippen molar-refractivity contribution in [2.45, 2.75) is 0 Å². The summed E-state index contributed by atoms with van der Waals surface area (Å²) < 4.78 is 7.17. The number of hydrogen-bond acceptors (Lipinski definition) is 5. The first-order valence-corrected chi connectivity index (χ1v) is 5.84. The Hall–Kier alpha value is -3.09. The molecule has 0 saturated heterocycles. The van der Waals surface area contributed by atoms with Crippen molar-refractivity contribution in [1.29, 1.82) is 0 Å². The van der Waals surface area contributed by atoms with Crippen LogP contribution in [0.25, 0.3) is 5.65 Å². The number of fused-ring (bicyclic) bond motifs is 1. The van der Waals surface area contributed by atoms with E-state index in [1.165, 1.54) is 4.52 Å². The van der Waals surface area contributed by atoms with E-state index in [0.717, 1.165) is 0 Å². The van der Waals surface area contributed by atoms with E-state index < -0.39 is 0 Å². The molecule has 0 atom stereocenters. The SMILES string of the molecule is Nc1cn2nc(Oc3cccc(NC=O)c3)ccc2n1. The minimum absolute atomic E-state index is 0.395. The summed E-state index contributed by atoms with van der Waals surface area (Å²) in [5, 5.41) is 6.78. The van der Waals surface area contributed by atoms with Gasteiger partial charge >= 0.3 is 0 Å². The summed E-state index contributed by atoms with van der Waals surface area (Å²) in [6, 6.07) is 10.4. The standard InChI is InChI=1S/C13H11N5O2/c14-11-7-18-12(16-11)4-5-13(17-18)20-10-3-1-2-9(6-10)15-8-19/h1-8H,14H2,(H,15,19). The smallest absolute Gasteiger partial charge is 0.237 e. The number of nitrogen functional groups attached to an aromatic ring is 1. The van der Waals surface area contributed by atoms with Crippen LogP contribution in [0.4, 0.5) is 11.5 Å². The minimum Gasteiger partial charge on any atom is -0.438 e. The maximum atomic E-state index is 10.4. The summed E-state index contributed by atoms with van der Waals surface area (Å²) in [6.45, 7) is 0. The van der Waals surface area contributed by atoms with Crippen molar-refractivity contribution in [3.63, 3.8) is 0 Å². The molecule has 0 aliphatic carbocycles. The number of nitrogens with one attached hydrogen (secondary N) is 1. The van der Waals surface area contributed by atoms with Gasteiger partial charge in [-0.15, -0.1) is 5.10 Å². The molecule has 7 nitrogen and oxygen atoms in total. The van der Waals surface area contributed by atoms with E-state index in [-0.39, 0.29) is 0 Å². The molecule has 1 amide bonds. The lowest BCUT2D eigenvalue weighted by atomic mass is 10.3. The summed E-state index contributed by atoms with van der Waals surface area (Å²) in [5.41, 5.74) is 6.88. The molecule has 7 heteroatoms. The lowest BCUT2D eigenvalue weighted by molar-refractivity contribution is -0.105. The van der Waals surface area contributed by atoms with Crippen LogP contribution in [0.3, 0.4) is 0 Å². The second-order valence-electron chi connectivity index (χ2n) is 4.03. The van der Waals surface area contributed by atoms with Crippen LogP contribution >= 0.6 is 0 Å². The van der Waals surface area contributed by atoms with Gasteiger partial charge in [0.05, 0.1) is 6.20 Å². The zero-order valence-electron chi connectivity index (χ0n) is 10.4. The lowest BCUT2D eigenvalue weighted by Crippen LogP contribution is -1.96. The first-order chi connectivity index (χ1) is 9.74. The Balaban J connectivity index is 1.88. The summed E-state index contributed by atoms with van der Waals surface area (Å²) in [7, 11) is 0. The molecule has 2 heterocycles. The third-order valence-electron chi connectivity index (χ3n) is 2.60. The summed E-state index contributed by atoms with van der Waals surface area (Å²) in [5.74, 6) is 1.36. The molecule has 0 bridgehead atoms. The number of carbonyl (C=O) groups is 1. The van der Waals surface area contributed by atoms with Gasteiger partial charge in [-0.25, -0.2) is 9.50 Å². The van der Waals surface area contributed by atoms with E-state index in [2.05, 4.69) is 15.4 Å². The van der Waals surface area contributed by atoms with Crippen molar-refractivity contribution in [2.75, 3.05) is 11.1 Å². The number of hydrogen-bond donors (Lipinski definition) is 2. The van der Waals surface area contributed by atoms with Gasteiger partial charge in [0.25, 0.3) is 0 Å². The van der Waals surface area contributed by atoms with Gasteiger partial charge in [-0.3, -0.25) is 4.79 Å². The number of benzene rings is 1. The topological polar surface area (TPSA) is 94.5 Å². The van der Waals surface area contributed by atoms with Crippen LogP contribution in [0.2, 0.25) is 0 Å². The van der Waals surface area contributed by atoms with E-state index in [1.807, 2.05) is 0 Å². The van der Waals surface area contributed by atoms with Crippen LogP contribution < -0.4 is 15.8 Å². The predicted octanol–water partition coefficient (Wildman–Crippen LogP) is 1.67. The van der Waals surface area contributed by atoms with E-state index in [1.54, 1.807) is 42.6 Å². The maximum absolute atomic E-state index is 10.4. The summed E-state index contributed by atoms with van der Waals surface area (Å²) in [4.78, 5) is 14.5. The third kappa shape index (κ3) is 2.37. The van der Waals surface area contributed by atoms with Crippen molar-refractivity contribution in [1.82, 2.24) is 14.6 Å². The highest BCUT2D eigenvalue weighted by Gasteiger charge is 2.04. The third-order valence-corrected chi connectivity index (χ3v) is 2.60. The molecule has 0 aliphatic rings. The van der Waals surface area contributed by atoms with Gasteiger partial charge in [0.1, 0.15) is 11.6 Å². The fraction of sp³-hybridized carbons (Fsp3) is 0. The molecule has 3 rings (SSSR count). The average molecular weight is 269 g/mol. The quantitative estimate of drug-likeness (QED) is 0.702. The maximum Gasteiger partial charge on any atom is 0.237 e. The first-order valence-electron chi connectivity index (χ1n) is 5.84. The molecule has 1 aromatic carbocycles. The molecular formula is C13H11N5O2. The minimum atomic E-state index is 0.395. The monoisotopic (exact) mass is 269 g/mol. The number of carbonyl (C=O) groups excluding carboxylic acids is 1. The average Bonchev–Trinajstić information content (AvgIpc) is 2.79. The van der Waals surface area contributed by atoms with Gasteiger partial charge in [-0.2, -0.15) is 0 Å². The van der Waals surface area contributed by atoms with Crippen molar-refractivity contribution >= 4 is 23.6 Å². The van der Waals surface area contributed by atoms with Crippen LogP contribution in [-0.2, 0) is 4.79 Å². The van der Waals surface area contributed by atoms with Gasteiger partial charge in [0, 0.05) is 17.8 Å². The summed E-state index contributed by atoms with van der Waals surface area (Å²) >= 11 is 0. The predicted molar refractivity (Wildman–Crippen MR) is 73.6 cm³/mol. The molecule has 0 fully saturated rings. The molecular weight excluding hydrogens is 258 g/mol. The van der Waals surface area contributed by atoms with Crippen LogP contribution in [0, 0.1) is 0 Å². The Morgan fingerprint density at radius 1 is 1.30 bits per heavy atom. The number of aromatic nitrogens is 3. The first kappa shape index (κ1) is 12.0. The highest BCUT2D eigenvalue weighted by molar-refractivity contribution is 5.71. The van der Waals surface area contributed by atoms with Crippen LogP contribution in [0.15, 0.2) is 42.6 Å². The highest BCUT2D eigenvalue weighted by Crippen LogP contribution is 2.22. The van der Waals surface area contributed by atoms with Gasteiger partial charge < -0.3 is 15.8 Å². The number of amides is 1. The molecule has 0 radical (unpaired) electrons. The number of nitrogens with two attached hydrogens (primary N) is 1. The zero-order valence-corrected chi connectivity index (χ0v) is 10.4. The van der Waals surface area contributed by atoms with Gasteiger partial charge in [0.15, 0.2) is 5.65 Å². The van der Waals surface area contributed by atoms with Crippen molar-refractivity contribution in [2.24, 2.45) is 0 Å². The second kappa shape index (κ2) is 4.88. The fourth-order valence-corrected chi connectivity index (χ4v) is 1.78. The molecule has 0 spiro atoms.